The van der Waals surface area contributed by atoms with Crippen molar-refractivity contribution in [2.75, 3.05) is 20.3 Å². The third-order valence-electron chi connectivity index (χ3n) is 3.56. The number of methoxy groups -OCH3 is 1. The first kappa shape index (κ1) is 13.9. The van der Waals surface area contributed by atoms with E-state index in [0.717, 1.165) is 26.0 Å². The minimum atomic E-state index is 0.479. The topological polar surface area (TPSA) is 47.3 Å². The summed E-state index contributed by atoms with van der Waals surface area (Å²) in [5, 5.41) is 3.73. The zero-order valence-corrected chi connectivity index (χ0v) is 11.1. The Bertz CT molecular complexity index is 194. The fourth-order valence-corrected chi connectivity index (χ4v) is 2.69. The van der Waals surface area contributed by atoms with Crippen molar-refractivity contribution in [1.82, 2.24) is 5.32 Å². The number of nitrogens with two attached hydrogens (primary N) is 1. The SMILES string of the molecule is COCC(CCCN)NC1CCC(C)(C)C1. The molecule has 0 saturated heterocycles. The van der Waals surface area contributed by atoms with Crippen LogP contribution in [0.3, 0.4) is 0 Å². The monoisotopic (exact) mass is 228 g/mol. The van der Waals surface area contributed by atoms with Gasteiger partial charge in [-0.05, 0) is 44.1 Å². The van der Waals surface area contributed by atoms with Crippen LogP contribution >= 0.6 is 0 Å². The van der Waals surface area contributed by atoms with Gasteiger partial charge in [-0.3, -0.25) is 0 Å². The lowest BCUT2D eigenvalue weighted by Gasteiger charge is -2.24. The van der Waals surface area contributed by atoms with Crippen LogP contribution < -0.4 is 11.1 Å². The largest absolute Gasteiger partial charge is 0.383 e. The molecule has 1 aliphatic rings. The average Bonchev–Trinajstić information content (AvgIpc) is 2.55. The van der Waals surface area contributed by atoms with Gasteiger partial charge in [-0.2, -0.15) is 0 Å². The van der Waals surface area contributed by atoms with E-state index in [2.05, 4.69) is 19.2 Å². The first-order chi connectivity index (χ1) is 7.57. The fourth-order valence-electron chi connectivity index (χ4n) is 2.69. The van der Waals surface area contributed by atoms with Crippen molar-refractivity contribution in [3.8, 4) is 0 Å². The number of nitrogens with one attached hydrogen (secondary N) is 1. The standard InChI is InChI=1S/C13H28N2O/c1-13(2)7-6-11(9-13)15-12(10-16-3)5-4-8-14/h11-12,15H,4-10,14H2,1-3H3. The molecular weight excluding hydrogens is 200 g/mol. The number of hydrogen-bond donors (Lipinski definition) is 2. The van der Waals surface area contributed by atoms with E-state index in [1.54, 1.807) is 7.11 Å². The summed E-state index contributed by atoms with van der Waals surface area (Å²) in [6.07, 6.45) is 6.13. The third-order valence-corrected chi connectivity index (χ3v) is 3.56. The van der Waals surface area contributed by atoms with Gasteiger partial charge in [-0.15, -0.1) is 0 Å². The lowest BCUT2D eigenvalue weighted by atomic mass is 9.91. The summed E-state index contributed by atoms with van der Waals surface area (Å²) in [7, 11) is 1.77. The van der Waals surface area contributed by atoms with E-state index in [9.17, 15) is 0 Å². The molecule has 0 aliphatic heterocycles. The summed E-state index contributed by atoms with van der Waals surface area (Å²) in [5.74, 6) is 0. The number of rotatable bonds is 7. The molecule has 2 unspecified atom stereocenters. The highest BCUT2D eigenvalue weighted by atomic mass is 16.5. The normalized spacial score (nSPS) is 25.9. The maximum absolute atomic E-state index is 5.56. The summed E-state index contributed by atoms with van der Waals surface area (Å²) in [6, 6.07) is 1.15. The third kappa shape index (κ3) is 4.81. The Balaban J connectivity index is 2.31. The van der Waals surface area contributed by atoms with Crippen LogP contribution in [0.25, 0.3) is 0 Å². The molecule has 0 aromatic heterocycles. The molecule has 1 fully saturated rings. The smallest absolute Gasteiger partial charge is 0.0615 e. The Hall–Kier alpha value is -0.120. The highest BCUT2D eigenvalue weighted by Crippen LogP contribution is 2.37. The first-order valence-electron chi connectivity index (χ1n) is 6.52. The molecule has 0 aromatic rings. The van der Waals surface area contributed by atoms with E-state index < -0.39 is 0 Å². The van der Waals surface area contributed by atoms with E-state index in [1.807, 2.05) is 0 Å². The van der Waals surface area contributed by atoms with Crippen LogP contribution in [0.2, 0.25) is 0 Å². The average molecular weight is 228 g/mol. The Morgan fingerprint density at radius 2 is 2.25 bits per heavy atom. The summed E-state index contributed by atoms with van der Waals surface area (Å²) < 4.78 is 5.26. The fraction of sp³-hybridized carbons (Fsp3) is 1.00. The van der Waals surface area contributed by atoms with E-state index in [0.29, 0.717) is 17.5 Å². The van der Waals surface area contributed by atoms with Crippen molar-refractivity contribution in [3.63, 3.8) is 0 Å². The van der Waals surface area contributed by atoms with Crippen molar-refractivity contribution in [3.05, 3.63) is 0 Å². The molecule has 1 aliphatic carbocycles. The zero-order valence-electron chi connectivity index (χ0n) is 11.1. The molecule has 1 saturated carbocycles. The van der Waals surface area contributed by atoms with Gasteiger partial charge in [0.1, 0.15) is 0 Å². The Kier molecular flexibility index (Phi) is 5.73. The van der Waals surface area contributed by atoms with Gasteiger partial charge in [-0.25, -0.2) is 0 Å². The van der Waals surface area contributed by atoms with Crippen molar-refractivity contribution in [2.24, 2.45) is 11.1 Å². The van der Waals surface area contributed by atoms with E-state index in [-0.39, 0.29) is 0 Å². The van der Waals surface area contributed by atoms with Crippen LogP contribution in [0.5, 0.6) is 0 Å². The van der Waals surface area contributed by atoms with Gasteiger partial charge >= 0.3 is 0 Å². The maximum Gasteiger partial charge on any atom is 0.0615 e. The summed E-state index contributed by atoms with van der Waals surface area (Å²) in [4.78, 5) is 0. The second-order valence-corrected chi connectivity index (χ2v) is 5.85. The van der Waals surface area contributed by atoms with Gasteiger partial charge in [0.25, 0.3) is 0 Å². The van der Waals surface area contributed by atoms with Crippen LogP contribution in [0, 0.1) is 5.41 Å². The van der Waals surface area contributed by atoms with Crippen LogP contribution in [0.1, 0.15) is 46.0 Å². The quantitative estimate of drug-likeness (QED) is 0.700. The summed E-state index contributed by atoms with van der Waals surface area (Å²) in [5.41, 5.74) is 6.07. The van der Waals surface area contributed by atoms with Crippen LogP contribution in [-0.2, 0) is 4.74 Å². The molecule has 1 rings (SSSR count). The minimum absolute atomic E-state index is 0.479. The molecule has 2 atom stereocenters. The second-order valence-electron chi connectivity index (χ2n) is 5.85. The van der Waals surface area contributed by atoms with E-state index >= 15 is 0 Å². The molecule has 0 radical (unpaired) electrons. The predicted molar refractivity (Wildman–Crippen MR) is 68.5 cm³/mol. The summed E-state index contributed by atoms with van der Waals surface area (Å²) >= 11 is 0. The van der Waals surface area contributed by atoms with Gasteiger partial charge in [0.2, 0.25) is 0 Å². The Labute approximate surface area is 100 Å². The molecular formula is C13H28N2O. The Morgan fingerprint density at radius 1 is 1.50 bits per heavy atom. The first-order valence-corrected chi connectivity index (χ1v) is 6.52. The number of ether oxygens (including phenoxy) is 1. The highest BCUT2D eigenvalue weighted by Gasteiger charge is 2.31. The lowest BCUT2D eigenvalue weighted by Crippen LogP contribution is -2.40. The van der Waals surface area contributed by atoms with Gasteiger partial charge in [0.05, 0.1) is 6.61 Å². The zero-order chi connectivity index (χ0) is 12.0. The van der Waals surface area contributed by atoms with Crippen LogP contribution in [0.4, 0.5) is 0 Å². The minimum Gasteiger partial charge on any atom is -0.383 e. The second kappa shape index (κ2) is 6.58. The Morgan fingerprint density at radius 3 is 2.75 bits per heavy atom. The lowest BCUT2D eigenvalue weighted by molar-refractivity contribution is 0.154. The molecule has 0 aromatic carbocycles. The maximum atomic E-state index is 5.56. The molecule has 16 heavy (non-hydrogen) atoms. The van der Waals surface area contributed by atoms with E-state index in [4.69, 9.17) is 10.5 Å². The van der Waals surface area contributed by atoms with Crippen molar-refractivity contribution < 1.29 is 4.74 Å². The van der Waals surface area contributed by atoms with Crippen molar-refractivity contribution in [2.45, 2.75) is 58.0 Å². The molecule has 3 N–H and O–H groups in total. The molecule has 0 heterocycles. The van der Waals surface area contributed by atoms with Gasteiger partial charge in [0.15, 0.2) is 0 Å². The van der Waals surface area contributed by atoms with Crippen molar-refractivity contribution in [1.29, 1.82) is 0 Å². The molecule has 0 spiro atoms. The van der Waals surface area contributed by atoms with Crippen LogP contribution in [0.15, 0.2) is 0 Å². The molecule has 0 bridgehead atoms. The molecule has 96 valence electrons. The molecule has 0 amide bonds. The summed E-state index contributed by atoms with van der Waals surface area (Å²) in [6.45, 7) is 6.30. The molecule has 3 heteroatoms. The highest BCUT2D eigenvalue weighted by molar-refractivity contribution is 4.88. The van der Waals surface area contributed by atoms with Gasteiger partial charge in [0, 0.05) is 19.2 Å². The predicted octanol–water partition coefficient (Wildman–Crippen LogP) is 1.91. The van der Waals surface area contributed by atoms with Gasteiger partial charge in [-0.1, -0.05) is 13.8 Å². The van der Waals surface area contributed by atoms with Gasteiger partial charge < -0.3 is 15.8 Å². The number of hydrogen-bond acceptors (Lipinski definition) is 3. The van der Waals surface area contributed by atoms with Crippen molar-refractivity contribution >= 4 is 0 Å². The molecule has 3 nitrogen and oxygen atoms in total. The van der Waals surface area contributed by atoms with Crippen LogP contribution in [-0.4, -0.2) is 32.3 Å². The van der Waals surface area contributed by atoms with E-state index in [1.165, 1.54) is 19.3 Å².